The lowest BCUT2D eigenvalue weighted by atomic mass is 9.96. The van der Waals surface area contributed by atoms with Crippen molar-refractivity contribution in [3.63, 3.8) is 0 Å². The molecule has 3 aromatic rings. The topological polar surface area (TPSA) is 70.7 Å². The Bertz CT molecular complexity index is 1330. The molecule has 0 spiro atoms. The minimum Gasteiger partial charge on any atom is -0.444 e. The Kier molecular flexibility index (Phi) is 5.93. The molecular weight excluding hydrogens is 450 g/mol. The molecule has 1 saturated carbocycles. The van der Waals surface area contributed by atoms with E-state index >= 15 is 0 Å². The zero-order valence-corrected chi connectivity index (χ0v) is 21.8. The van der Waals surface area contributed by atoms with Crippen LogP contribution in [0, 0.1) is 6.92 Å². The van der Waals surface area contributed by atoms with E-state index in [2.05, 4.69) is 53.1 Å². The maximum atomic E-state index is 13.5. The first-order valence-electron chi connectivity index (χ1n) is 12.7. The number of carbonyl (C=O) groups is 2. The van der Waals surface area contributed by atoms with Crippen LogP contribution in [0.1, 0.15) is 60.7 Å². The van der Waals surface area contributed by atoms with Crippen LogP contribution in [0.4, 0.5) is 10.5 Å². The molecule has 188 valence electrons. The van der Waals surface area contributed by atoms with Crippen molar-refractivity contribution >= 4 is 28.5 Å². The van der Waals surface area contributed by atoms with Gasteiger partial charge < -0.3 is 20.3 Å². The first-order chi connectivity index (χ1) is 17.0. The molecular formula is C30H35N3O3. The number of hydrogen-bond acceptors (Lipinski definition) is 4. The quantitative estimate of drug-likeness (QED) is 0.481. The van der Waals surface area contributed by atoms with Crippen molar-refractivity contribution < 1.29 is 14.3 Å². The molecule has 2 amide bonds. The standard InChI is InChI=1S/C30H35N3O3/c1-19-15-21-16-22(18-33(5)28(35)36-29(2,3)4)31-26(21)17-24(19)27(34)32-30(13-14-30)25-12-8-10-20-9-6-7-11-23(20)25/h6-12,15,17,22,31H,13-14,16,18H2,1-5H3,(H,32,34). The summed E-state index contributed by atoms with van der Waals surface area (Å²) in [4.78, 5) is 27.5. The molecule has 2 N–H and O–H groups in total. The van der Waals surface area contributed by atoms with Gasteiger partial charge in [0.25, 0.3) is 5.91 Å². The van der Waals surface area contributed by atoms with E-state index in [0.29, 0.717) is 12.1 Å². The number of fused-ring (bicyclic) bond motifs is 2. The number of benzene rings is 3. The first kappa shape index (κ1) is 24.2. The number of amides is 2. The summed E-state index contributed by atoms with van der Waals surface area (Å²) in [5, 5.41) is 9.27. The van der Waals surface area contributed by atoms with Crippen molar-refractivity contribution in [1.82, 2.24) is 10.2 Å². The van der Waals surface area contributed by atoms with Crippen LogP contribution in [-0.4, -0.2) is 42.1 Å². The first-order valence-corrected chi connectivity index (χ1v) is 12.7. The van der Waals surface area contributed by atoms with Crippen LogP contribution in [0.15, 0.2) is 54.6 Å². The second-order valence-corrected chi connectivity index (χ2v) is 11.3. The number of likely N-dealkylation sites (N-methyl/N-ethyl adjacent to an activating group) is 1. The molecule has 0 saturated heterocycles. The van der Waals surface area contributed by atoms with Crippen LogP contribution in [0.3, 0.4) is 0 Å². The lowest BCUT2D eigenvalue weighted by molar-refractivity contribution is 0.0293. The maximum absolute atomic E-state index is 13.5. The van der Waals surface area contributed by atoms with Crippen molar-refractivity contribution in [1.29, 1.82) is 0 Å². The van der Waals surface area contributed by atoms with Crippen molar-refractivity contribution in [3.05, 3.63) is 76.9 Å². The monoisotopic (exact) mass is 485 g/mol. The van der Waals surface area contributed by atoms with E-state index in [1.165, 1.54) is 21.9 Å². The SMILES string of the molecule is Cc1cc2c(cc1C(=O)NC1(c3cccc4ccccc34)CC1)NC(CN(C)C(=O)OC(C)(C)C)C2. The molecule has 6 nitrogen and oxygen atoms in total. The highest BCUT2D eigenvalue weighted by molar-refractivity contribution is 5.98. The normalized spacial score (nSPS) is 17.8. The number of aryl methyl sites for hydroxylation is 1. The summed E-state index contributed by atoms with van der Waals surface area (Å²) in [6.45, 7) is 8.11. The number of nitrogens with one attached hydrogen (secondary N) is 2. The molecule has 1 heterocycles. The Morgan fingerprint density at radius 1 is 1.11 bits per heavy atom. The molecule has 0 radical (unpaired) electrons. The fourth-order valence-corrected chi connectivity index (χ4v) is 5.22. The molecule has 1 aliphatic carbocycles. The Balaban J connectivity index is 1.30. The largest absolute Gasteiger partial charge is 0.444 e. The fraction of sp³-hybridized carbons (Fsp3) is 0.400. The highest BCUT2D eigenvalue weighted by Gasteiger charge is 2.46. The molecule has 36 heavy (non-hydrogen) atoms. The Labute approximate surface area is 213 Å². The van der Waals surface area contributed by atoms with Gasteiger partial charge in [0, 0.05) is 30.9 Å². The van der Waals surface area contributed by atoms with Gasteiger partial charge in [0.2, 0.25) is 0 Å². The summed E-state index contributed by atoms with van der Waals surface area (Å²) in [5.41, 5.74) is 4.13. The van der Waals surface area contributed by atoms with Crippen LogP contribution < -0.4 is 10.6 Å². The Morgan fingerprint density at radius 3 is 2.56 bits per heavy atom. The Hall–Kier alpha value is -3.54. The summed E-state index contributed by atoms with van der Waals surface area (Å²) in [7, 11) is 1.76. The summed E-state index contributed by atoms with van der Waals surface area (Å²) in [6, 6.07) is 18.8. The minimum absolute atomic E-state index is 0.0446. The van der Waals surface area contributed by atoms with E-state index in [4.69, 9.17) is 4.74 Å². The van der Waals surface area contributed by atoms with E-state index in [1.807, 2.05) is 39.8 Å². The molecule has 3 aromatic carbocycles. The van der Waals surface area contributed by atoms with Gasteiger partial charge in [0.05, 0.1) is 5.54 Å². The smallest absolute Gasteiger partial charge is 0.410 e. The van der Waals surface area contributed by atoms with Crippen LogP contribution in [0.25, 0.3) is 10.8 Å². The molecule has 1 fully saturated rings. The van der Waals surface area contributed by atoms with Crippen molar-refractivity contribution in [3.8, 4) is 0 Å². The van der Waals surface area contributed by atoms with E-state index in [0.717, 1.165) is 30.5 Å². The van der Waals surface area contributed by atoms with Crippen LogP contribution in [0.2, 0.25) is 0 Å². The molecule has 0 bridgehead atoms. The minimum atomic E-state index is -0.526. The highest BCUT2D eigenvalue weighted by atomic mass is 16.6. The van der Waals surface area contributed by atoms with E-state index in [-0.39, 0.29) is 23.6 Å². The summed E-state index contributed by atoms with van der Waals surface area (Å²) in [6.07, 6.45) is 2.34. The van der Waals surface area contributed by atoms with E-state index < -0.39 is 5.60 Å². The maximum Gasteiger partial charge on any atom is 0.410 e. The average Bonchev–Trinajstić information content (AvgIpc) is 3.48. The number of carbonyl (C=O) groups excluding carboxylic acids is 2. The van der Waals surface area contributed by atoms with Gasteiger partial charge in [-0.3, -0.25) is 4.79 Å². The van der Waals surface area contributed by atoms with Crippen LogP contribution >= 0.6 is 0 Å². The van der Waals surface area contributed by atoms with Gasteiger partial charge in [0.1, 0.15) is 5.60 Å². The van der Waals surface area contributed by atoms with Crippen molar-refractivity contribution in [2.75, 3.05) is 18.9 Å². The highest BCUT2D eigenvalue weighted by Crippen LogP contribution is 2.48. The number of rotatable bonds is 5. The van der Waals surface area contributed by atoms with Crippen molar-refractivity contribution in [2.45, 2.75) is 64.1 Å². The third-order valence-corrected chi connectivity index (χ3v) is 7.13. The lowest BCUT2D eigenvalue weighted by Gasteiger charge is -2.26. The second-order valence-electron chi connectivity index (χ2n) is 11.3. The fourth-order valence-electron chi connectivity index (χ4n) is 5.22. The number of nitrogens with zero attached hydrogens (tertiary/aromatic N) is 1. The Morgan fingerprint density at radius 2 is 1.83 bits per heavy atom. The van der Waals surface area contributed by atoms with E-state index in [1.54, 1.807) is 11.9 Å². The van der Waals surface area contributed by atoms with Crippen molar-refractivity contribution in [2.24, 2.45) is 0 Å². The number of hydrogen-bond donors (Lipinski definition) is 2. The third-order valence-electron chi connectivity index (χ3n) is 7.13. The second kappa shape index (κ2) is 8.84. The molecule has 1 unspecified atom stereocenters. The number of ether oxygens (including phenoxy) is 1. The summed E-state index contributed by atoms with van der Waals surface area (Å²) in [5.74, 6) is -0.0446. The third kappa shape index (κ3) is 4.77. The van der Waals surface area contributed by atoms with Gasteiger partial charge >= 0.3 is 6.09 Å². The zero-order chi connectivity index (χ0) is 25.7. The summed E-state index contributed by atoms with van der Waals surface area (Å²) >= 11 is 0. The van der Waals surface area contributed by atoms with E-state index in [9.17, 15) is 9.59 Å². The molecule has 1 aliphatic heterocycles. The predicted octanol–water partition coefficient (Wildman–Crippen LogP) is 5.77. The van der Waals surface area contributed by atoms with Gasteiger partial charge in [-0.2, -0.15) is 0 Å². The average molecular weight is 486 g/mol. The zero-order valence-electron chi connectivity index (χ0n) is 21.8. The van der Waals surface area contributed by atoms with Crippen LogP contribution in [0.5, 0.6) is 0 Å². The van der Waals surface area contributed by atoms with Crippen LogP contribution in [-0.2, 0) is 16.7 Å². The summed E-state index contributed by atoms with van der Waals surface area (Å²) < 4.78 is 5.48. The molecule has 0 aromatic heterocycles. The molecule has 5 rings (SSSR count). The van der Waals surface area contributed by atoms with Gasteiger partial charge in [-0.25, -0.2) is 4.79 Å². The van der Waals surface area contributed by atoms with Gasteiger partial charge in [-0.1, -0.05) is 48.5 Å². The van der Waals surface area contributed by atoms with Gasteiger partial charge in [0.15, 0.2) is 0 Å². The lowest BCUT2D eigenvalue weighted by Crippen LogP contribution is -2.40. The van der Waals surface area contributed by atoms with Gasteiger partial charge in [-0.05, 0) is 80.5 Å². The predicted molar refractivity (Wildman–Crippen MR) is 143 cm³/mol. The number of anilines is 1. The van der Waals surface area contributed by atoms with Gasteiger partial charge in [-0.15, -0.1) is 0 Å². The molecule has 2 aliphatic rings. The molecule has 1 atom stereocenters. The molecule has 6 heteroatoms.